The van der Waals surface area contributed by atoms with Crippen LogP contribution in [0.3, 0.4) is 0 Å². The Hall–Kier alpha value is -1.16. The number of aliphatic hydroxyl groups is 1. The lowest BCUT2D eigenvalue weighted by molar-refractivity contribution is -0.143. The van der Waals surface area contributed by atoms with Crippen molar-refractivity contribution < 1.29 is 23.1 Å². The van der Waals surface area contributed by atoms with E-state index in [1.54, 1.807) is 0 Å². The fourth-order valence-corrected chi connectivity index (χ4v) is 3.39. The molecule has 8 nitrogen and oxygen atoms in total. The SMILES string of the molecule is COC(=O)C(CO)NS(=O)(=O)c1c(C)nn(C)c1Cl. The molecular weight excluding hydrogens is 298 g/mol. The lowest BCUT2D eigenvalue weighted by Crippen LogP contribution is -2.44. The number of esters is 1. The summed E-state index contributed by atoms with van der Waals surface area (Å²) >= 11 is 5.84. The van der Waals surface area contributed by atoms with Gasteiger partial charge < -0.3 is 9.84 Å². The van der Waals surface area contributed by atoms with Crippen LogP contribution >= 0.6 is 11.6 Å². The summed E-state index contributed by atoms with van der Waals surface area (Å²) in [5, 5.41) is 12.8. The highest BCUT2D eigenvalue weighted by molar-refractivity contribution is 7.89. The zero-order chi connectivity index (χ0) is 14.8. The molecule has 0 amide bonds. The van der Waals surface area contributed by atoms with Gasteiger partial charge >= 0.3 is 5.97 Å². The summed E-state index contributed by atoms with van der Waals surface area (Å²) < 4.78 is 31.8. The molecule has 0 aromatic carbocycles. The molecule has 10 heteroatoms. The summed E-state index contributed by atoms with van der Waals surface area (Å²) in [5.41, 5.74) is 0.182. The summed E-state index contributed by atoms with van der Waals surface area (Å²) in [6.45, 7) is 0.732. The summed E-state index contributed by atoms with van der Waals surface area (Å²) in [7, 11) is -1.52. The maximum absolute atomic E-state index is 12.1. The van der Waals surface area contributed by atoms with Gasteiger partial charge in [-0.1, -0.05) is 11.6 Å². The van der Waals surface area contributed by atoms with E-state index >= 15 is 0 Å². The van der Waals surface area contributed by atoms with E-state index < -0.39 is 28.6 Å². The van der Waals surface area contributed by atoms with Crippen LogP contribution in [0, 0.1) is 6.92 Å². The molecule has 108 valence electrons. The molecule has 0 aliphatic heterocycles. The lowest BCUT2D eigenvalue weighted by atomic mass is 10.3. The number of nitrogens with zero attached hydrogens (tertiary/aromatic N) is 2. The van der Waals surface area contributed by atoms with Crippen molar-refractivity contribution in [2.45, 2.75) is 17.9 Å². The molecule has 1 heterocycles. The fraction of sp³-hybridized carbons (Fsp3) is 0.556. The van der Waals surface area contributed by atoms with Crippen LogP contribution in [-0.4, -0.2) is 49.0 Å². The molecule has 19 heavy (non-hydrogen) atoms. The van der Waals surface area contributed by atoms with Crippen molar-refractivity contribution in [3.05, 3.63) is 10.8 Å². The van der Waals surface area contributed by atoms with Gasteiger partial charge in [0.05, 0.1) is 19.4 Å². The van der Waals surface area contributed by atoms with E-state index in [1.807, 2.05) is 4.72 Å². The first-order valence-corrected chi connectivity index (χ1v) is 7.00. The standard InChI is InChI=1S/C9H14ClN3O5S/c1-5-7(8(10)13(2)11-5)19(16,17)12-6(4-14)9(15)18-3/h6,12,14H,4H2,1-3H3. The van der Waals surface area contributed by atoms with Crippen LogP contribution < -0.4 is 4.72 Å². The Labute approximate surface area is 115 Å². The fourth-order valence-electron chi connectivity index (χ4n) is 1.46. The van der Waals surface area contributed by atoms with Crippen molar-refractivity contribution >= 4 is 27.6 Å². The summed E-state index contributed by atoms with van der Waals surface area (Å²) in [6, 6.07) is -1.40. The van der Waals surface area contributed by atoms with E-state index in [9.17, 15) is 13.2 Å². The first-order chi connectivity index (χ1) is 8.74. The Balaban J connectivity index is 3.14. The van der Waals surface area contributed by atoms with Crippen LogP contribution in [-0.2, 0) is 26.6 Å². The van der Waals surface area contributed by atoms with Crippen molar-refractivity contribution in [2.75, 3.05) is 13.7 Å². The number of aryl methyl sites for hydroxylation is 2. The smallest absolute Gasteiger partial charge is 0.326 e. The molecular formula is C9H14ClN3O5S. The first kappa shape index (κ1) is 15.9. The van der Waals surface area contributed by atoms with Crippen LogP contribution in [0.1, 0.15) is 5.69 Å². The second kappa shape index (κ2) is 5.87. The molecule has 1 aromatic heterocycles. The Morgan fingerprint density at radius 3 is 2.58 bits per heavy atom. The molecule has 0 saturated heterocycles. The number of aliphatic hydroxyl groups excluding tert-OH is 1. The molecule has 0 saturated carbocycles. The molecule has 1 rings (SSSR count). The Kier molecular flexibility index (Phi) is 4.91. The van der Waals surface area contributed by atoms with Crippen molar-refractivity contribution in [1.29, 1.82) is 0 Å². The Bertz CT molecular complexity index is 583. The molecule has 0 radical (unpaired) electrons. The highest BCUT2D eigenvalue weighted by Gasteiger charge is 2.30. The van der Waals surface area contributed by atoms with Gasteiger partial charge in [0.1, 0.15) is 16.1 Å². The van der Waals surface area contributed by atoms with E-state index in [2.05, 4.69) is 9.84 Å². The number of carbonyl (C=O) groups excluding carboxylic acids is 1. The van der Waals surface area contributed by atoms with Crippen LogP contribution in [0.5, 0.6) is 0 Å². The first-order valence-electron chi connectivity index (χ1n) is 5.14. The minimum Gasteiger partial charge on any atom is -0.468 e. The van der Waals surface area contributed by atoms with Gasteiger partial charge in [-0.15, -0.1) is 0 Å². The van der Waals surface area contributed by atoms with Crippen molar-refractivity contribution in [3.8, 4) is 0 Å². The molecule has 1 atom stereocenters. The Morgan fingerprint density at radius 1 is 1.63 bits per heavy atom. The summed E-state index contributed by atoms with van der Waals surface area (Å²) in [6.07, 6.45) is 0. The minimum absolute atomic E-state index is 0.0912. The van der Waals surface area contributed by atoms with Crippen molar-refractivity contribution in [2.24, 2.45) is 7.05 Å². The van der Waals surface area contributed by atoms with Crippen molar-refractivity contribution in [1.82, 2.24) is 14.5 Å². The minimum atomic E-state index is -4.09. The van der Waals surface area contributed by atoms with Gasteiger partial charge in [-0.25, -0.2) is 8.42 Å². The quantitative estimate of drug-likeness (QED) is 0.688. The van der Waals surface area contributed by atoms with E-state index in [0.717, 1.165) is 7.11 Å². The van der Waals surface area contributed by atoms with Gasteiger partial charge in [-0.05, 0) is 6.92 Å². The number of carbonyl (C=O) groups is 1. The number of nitrogens with one attached hydrogen (secondary N) is 1. The predicted molar refractivity (Wildman–Crippen MR) is 66.2 cm³/mol. The van der Waals surface area contributed by atoms with Gasteiger partial charge in [-0.2, -0.15) is 9.82 Å². The van der Waals surface area contributed by atoms with E-state index in [4.69, 9.17) is 16.7 Å². The average molecular weight is 312 g/mol. The lowest BCUT2D eigenvalue weighted by Gasteiger charge is -2.13. The second-order valence-corrected chi connectivity index (χ2v) is 5.72. The zero-order valence-electron chi connectivity index (χ0n) is 10.5. The second-order valence-electron chi connectivity index (χ2n) is 3.71. The predicted octanol–water partition coefficient (Wildman–Crippen LogP) is -0.806. The number of halogens is 1. The maximum atomic E-state index is 12.1. The van der Waals surface area contributed by atoms with Crippen LogP contribution in [0.15, 0.2) is 4.90 Å². The molecule has 0 bridgehead atoms. The van der Waals surface area contributed by atoms with Crippen LogP contribution in [0.25, 0.3) is 0 Å². The third-order valence-corrected chi connectivity index (χ3v) is 4.50. The molecule has 0 aliphatic rings. The third kappa shape index (κ3) is 3.24. The van der Waals surface area contributed by atoms with Gasteiger partial charge in [0.25, 0.3) is 0 Å². The number of ether oxygens (including phenoxy) is 1. The highest BCUT2D eigenvalue weighted by atomic mass is 35.5. The maximum Gasteiger partial charge on any atom is 0.326 e. The monoisotopic (exact) mass is 311 g/mol. The number of hydrogen-bond acceptors (Lipinski definition) is 6. The van der Waals surface area contributed by atoms with Gasteiger partial charge in [0, 0.05) is 7.05 Å². The normalized spacial score (nSPS) is 13.3. The van der Waals surface area contributed by atoms with E-state index in [-0.39, 0.29) is 15.7 Å². The molecule has 1 unspecified atom stereocenters. The summed E-state index contributed by atoms with van der Waals surface area (Å²) in [5.74, 6) is -0.899. The molecule has 0 aliphatic carbocycles. The van der Waals surface area contributed by atoms with Gasteiger partial charge in [-0.3, -0.25) is 9.48 Å². The molecule has 1 aromatic rings. The largest absolute Gasteiger partial charge is 0.468 e. The van der Waals surface area contributed by atoms with E-state index in [0.29, 0.717) is 0 Å². The molecule has 0 spiro atoms. The molecule has 2 N–H and O–H groups in total. The zero-order valence-corrected chi connectivity index (χ0v) is 12.1. The average Bonchev–Trinajstić information content (AvgIpc) is 2.59. The van der Waals surface area contributed by atoms with Gasteiger partial charge in [0.2, 0.25) is 10.0 Å². The Morgan fingerprint density at radius 2 is 2.21 bits per heavy atom. The van der Waals surface area contributed by atoms with Crippen molar-refractivity contribution in [3.63, 3.8) is 0 Å². The van der Waals surface area contributed by atoms with E-state index in [1.165, 1.54) is 18.7 Å². The van der Waals surface area contributed by atoms with Crippen LogP contribution in [0.4, 0.5) is 0 Å². The number of hydrogen-bond donors (Lipinski definition) is 2. The van der Waals surface area contributed by atoms with Crippen LogP contribution in [0.2, 0.25) is 5.15 Å². The third-order valence-electron chi connectivity index (χ3n) is 2.33. The number of sulfonamides is 1. The number of aromatic nitrogens is 2. The summed E-state index contributed by atoms with van der Waals surface area (Å²) in [4.78, 5) is 11.0. The number of methoxy groups -OCH3 is 1. The topological polar surface area (TPSA) is 111 Å². The highest BCUT2D eigenvalue weighted by Crippen LogP contribution is 2.24. The molecule has 0 fully saturated rings. The number of rotatable bonds is 5. The van der Waals surface area contributed by atoms with Gasteiger partial charge in [0.15, 0.2) is 0 Å².